The molecule has 2 saturated heterocycles. The molecule has 2 fully saturated rings. The van der Waals surface area contributed by atoms with Crippen molar-refractivity contribution in [2.75, 3.05) is 38.8 Å². The minimum absolute atomic E-state index is 0.0115. The smallest absolute Gasteiger partial charge is 0.246 e. The fraction of sp³-hybridized carbons (Fsp3) is 0.630. The molecule has 25 heteroatoms. The van der Waals surface area contributed by atoms with Gasteiger partial charge in [0.1, 0.15) is 48.0 Å². The van der Waals surface area contributed by atoms with Gasteiger partial charge in [-0.05, 0) is 54.5 Å². The number of thioether (sulfide) groups is 1. The van der Waals surface area contributed by atoms with E-state index in [0.717, 1.165) is 11.8 Å². The van der Waals surface area contributed by atoms with Crippen molar-refractivity contribution in [3.05, 3.63) is 29.8 Å². The molecular formula is C46H71N11O13S. The monoisotopic (exact) mass is 1020 g/mol. The van der Waals surface area contributed by atoms with Crippen LogP contribution >= 0.6 is 11.8 Å². The number of primary amides is 3. The van der Waals surface area contributed by atoms with Crippen LogP contribution in [0.4, 0.5) is 0 Å². The Bertz CT molecular complexity index is 2080. The van der Waals surface area contributed by atoms with Gasteiger partial charge < -0.3 is 68.8 Å². The van der Waals surface area contributed by atoms with Crippen LogP contribution < -0.4 is 59.2 Å². The molecule has 2 aliphatic heterocycles. The SMILES string of the molecule is CC[C@H](C)[C@@H]1NC(=O)[C@H](Cc2ccc(OC)cc2)NC(=O)CCCSC[C@@H](C(=O)N2C[C@H](OC)C[C@H]2C(=O)N[C@@H](CC(C)C)C(=O)NCC(N)=O)NC(=O)[C@H](CC(N)=O)NC(=O)[C@H](CCC(N)=O)NC1=O. The topological polar surface area (TPSA) is 372 Å². The van der Waals surface area contributed by atoms with Gasteiger partial charge in [0.25, 0.3) is 0 Å². The fourth-order valence-electron chi connectivity index (χ4n) is 7.84. The number of hydrogen-bond acceptors (Lipinski definition) is 14. The zero-order chi connectivity index (χ0) is 52.9. The first-order chi connectivity index (χ1) is 33.6. The molecule has 0 bridgehead atoms. The second-order valence-corrected chi connectivity index (χ2v) is 19.2. The van der Waals surface area contributed by atoms with E-state index in [0.29, 0.717) is 17.7 Å². The molecule has 0 aromatic heterocycles. The van der Waals surface area contributed by atoms with E-state index >= 15 is 0 Å². The molecule has 2 heterocycles. The zero-order valence-corrected chi connectivity index (χ0v) is 42.0. The lowest BCUT2D eigenvalue weighted by molar-refractivity contribution is -0.142. The van der Waals surface area contributed by atoms with Crippen LogP contribution in [-0.2, 0) is 63.9 Å². The standard InChI is InChI=1S/C46H71N11O13S/c1-7-25(4)39-45(67)52-29(14-15-35(47)58)41(63)53-32(20-36(48)59)42(64)55-33(23-71-16-8-9-38(61)51-31(43(65)56-39)18-26-10-12-27(69-5)13-11-26)46(68)57-22-28(70-6)19-34(57)44(66)54-30(17-24(2)3)40(62)50-21-37(49)60/h10-13,24-25,28-34,39H,7-9,14-23H2,1-6H3,(H2,47,58)(H2,48,59)(H2,49,60)(H,50,62)(H,51,61)(H,52,67)(H,53,63)(H,54,66)(H,55,64)(H,56,65)/t25-,28+,29-,30-,31-,32-,33-,34-,39-/m0/s1. The lowest BCUT2D eigenvalue weighted by atomic mass is 9.96. The van der Waals surface area contributed by atoms with E-state index in [9.17, 15) is 52.7 Å². The maximum absolute atomic E-state index is 14.7. The molecule has 3 rings (SSSR count). The number of nitrogens with two attached hydrogens (primary N) is 3. The summed E-state index contributed by atoms with van der Waals surface area (Å²) in [6.45, 7) is 6.48. The highest BCUT2D eigenvalue weighted by Gasteiger charge is 2.44. The summed E-state index contributed by atoms with van der Waals surface area (Å²) in [4.78, 5) is 149. The number of carbonyl (C=O) groups excluding carboxylic acids is 11. The van der Waals surface area contributed by atoms with Crippen LogP contribution in [0.2, 0.25) is 0 Å². The van der Waals surface area contributed by atoms with Gasteiger partial charge in [-0.15, -0.1) is 0 Å². The number of rotatable bonds is 19. The van der Waals surface area contributed by atoms with E-state index in [1.54, 1.807) is 38.1 Å². The number of benzene rings is 1. The first kappa shape index (κ1) is 58.8. The Morgan fingerprint density at radius 1 is 0.817 bits per heavy atom. The molecule has 24 nitrogen and oxygen atoms in total. The van der Waals surface area contributed by atoms with Crippen molar-refractivity contribution in [1.82, 2.24) is 42.1 Å². The van der Waals surface area contributed by atoms with E-state index in [1.165, 1.54) is 19.1 Å². The number of methoxy groups -OCH3 is 2. The third-order valence-electron chi connectivity index (χ3n) is 11.9. The summed E-state index contributed by atoms with van der Waals surface area (Å²) in [5, 5.41) is 18.2. The Balaban J connectivity index is 2.07. The van der Waals surface area contributed by atoms with Gasteiger partial charge in [0.05, 0.1) is 26.2 Å². The van der Waals surface area contributed by atoms with Crippen LogP contribution in [0.1, 0.15) is 84.6 Å². The van der Waals surface area contributed by atoms with Crippen molar-refractivity contribution >= 4 is 76.7 Å². The fourth-order valence-corrected chi connectivity index (χ4v) is 8.82. The first-order valence-corrected chi connectivity index (χ1v) is 24.7. The highest BCUT2D eigenvalue weighted by atomic mass is 32.2. The van der Waals surface area contributed by atoms with Crippen molar-refractivity contribution in [3.63, 3.8) is 0 Å². The van der Waals surface area contributed by atoms with E-state index < -0.39 is 139 Å². The molecule has 1 aromatic rings. The molecule has 0 saturated carbocycles. The van der Waals surface area contributed by atoms with Gasteiger partial charge >= 0.3 is 0 Å². The normalized spacial score (nSPS) is 23.9. The highest BCUT2D eigenvalue weighted by molar-refractivity contribution is 7.99. The van der Waals surface area contributed by atoms with Gasteiger partial charge in [-0.3, -0.25) is 52.7 Å². The Morgan fingerprint density at radius 2 is 1.46 bits per heavy atom. The minimum atomic E-state index is -1.74. The summed E-state index contributed by atoms with van der Waals surface area (Å²) in [5.74, 6) is -9.00. The number of ether oxygens (including phenoxy) is 2. The molecule has 394 valence electrons. The number of nitrogens with one attached hydrogen (secondary N) is 7. The van der Waals surface area contributed by atoms with Crippen LogP contribution in [0.5, 0.6) is 5.75 Å². The molecule has 71 heavy (non-hydrogen) atoms. The van der Waals surface area contributed by atoms with E-state index in [-0.39, 0.29) is 62.5 Å². The number of carbonyl (C=O) groups is 11. The van der Waals surface area contributed by atoms with Crippen molar-refractivity contribution in [1.29, 1.82) is 0 Å². The molecular weight excluding hydrogens is 947 g/mol. The largest absolute Gasteiger partial charge is 0.497 e. The van der Waals surface area contributed by atoms with Gasteiger partial charge in [-0.2, -0.15) is 11.8 Å². The van der Waals surface area contributed by atoms with E-state index in [2.05, 4.69) is 37.2 Å². The average molecular weight is 1020 g/mol. The zero-order valence-electron chi connectivity index (χ0n) is 41.2. The number of likely N-dealkylation sites (tertiary alicyclic amines) is 1. The van der Waals surface area contributed by atoms with Crippen LogP contribution in [-0.4, -0.2) is 157 Å². The van der Waals surface area contributed by atoms with Crippen LogP contribution in [0.25, 0.3) is 0 Å². The molecule has 0 aliphatic carbocycles. The van der Waals surface area contributed by atoms with Crippen molar-refractivity contribution in [2.45, 2.75) is 134 Å². The van der Waals surface area contributed by atoms with Gasteiger partial charge in [-0.25, -0.2) is 0 Å². The molecule has 9 atom stereocenters. The molecule has 0 spiro atoms. The second kappa shape index (κ2) is 29.0. The molecule has 0 radical (unpaired) electrons. The second-order valence-electron chi connectivity index (χ2n) is 18.1. The average Bonchev–Trinajstić information content (AvgIpc) is 3.76. The Morgan fingerprint density at radius 3 is 2.06 bits per heavy atom. The molecule has 1 aromatic carbocycles. The third-order valence-corrected chi connectivity index (χ3v) is 13.1. The summed E-state index contributed by atoms with van der Waals surface area (Å²) in [6.07, 6.45) is -1.57. The summed E-state index contributed by atoms with van der Waals surface area (Å²) in [6, 6.07) is -2.75. The van der Waals surface area contributed by atoms with Crippen molar-refractivity contribution < 1.29 is 62.2 Å². The van der Waals surface area contributed by atoms with Crippen LogP contribution in [0.15, 0.2) is 24.3 Å². The number of nitrogens with zero attached hydrogens (tertiary/aromatic N) is 1. The lowest BCUT2D eigenvalue weighted by Crippen LogP contribution is -2.61. The maximum atomic E-state index is 14.7. The summed E-state index contributed by atoms with van der Waals surface area (Å²) < 4.78 is 10.8. The number of hydrogen-bond donors (Lipinski definition) is 10. The van der Waals surface area contributed by atoms with Crippen LogP contribution in [0.3, 0.4) is 0 Å². The van der Waals surface area contributed by atoms with Crippen LogP contribution in [0, 0.1) is 11.8 Å². The molecule has 2 aliphatic rings. The van der Waals surface area contributed by atoms with Gasteiger partial charge in [0.15, 0.2) is 0 Å². The number of amides is 11. The first-order valence-electron chi connectivity index (χ1n) is 23.5. The predicted molar refractivity (Wildman–Crippen MR) is 259 cm³/mol. The van der Waals surface area contributed by atoms with Crippen molar-refractivity contribution in [2.24, 2.45) is 29.0 Å². The lowest BCUT2D eigenvalue weighted by Gasteiger charge is -2.31. The maximum Gasteiger partial charge on any atom is 0.246 e. The molecule has 0 unspecified atom stereocenters. The third kappa shape index (κ3) is 19.3. The molecule has 13 N–H and O–H groups in total. The predicted octanol–water partition coefficient (Wildman–Crippen LogP) is -2.88. The summed E-state index contributed by atoms with van der Waals surface area (Å²) in [7, 11) is 2.88. The van der Waals surface area contributed by atoms with Gasteiger partial charge in [0, 0.05) is 45.1 Å². The van der Waals surface area contributed by atoms with E-state index in [1.807, 2.05) is 13.8 Å². The Labute approximate surface area is 417 Å². The quantitative estimate of drug-likeness (QED) is 0.0666. The minimum Gasteiger partial charge on any atom is -0.497 e. The van der Waals surface area contributed by atoms with Gasteiger partial charge in [-0.1, -0.05) is 46.2 Å². The molecule has 11 amide bonds. The Kier molecular flexibility index (Phi) is 24.0. The summed E-state index contributed by atoms with van der Waals surface area (Å²) >= 11 is 1.16. The highest BCUT2D eigenvalue weighted by Crippen LogP contribution is 2.24. The van der Waals surface area contributed by atoms with Crippen molar-refractivity contribution in [3.8, 4) is 5.75 Å². The summed E-state index contributed by atoms with van der Waals surface area (Å²) in [5.41, 5.74) is 16.8. The van der Waals surface area contributed by atoms with Gasteiger partial charge in [0.2, 0.25) is 65.0 Å². The van der Waals surface area contributed by atoms with E-state index in [4.69, 9.17) is 26.7 Å². The Hall–Kier alpha value is -6.50.